The SMILES string of the molecule is CN(CC(=O)Nc1ccc(F)c(F)c1F)Cc1ccc(C(N)=O)cc1[N+](=O)[O-]. The molecule has 0 saturated heterocycles. The first-order valence-electron chi connectivity index (χ1n) is 7.79. The topological polar surface area (TPSA) is 119 Å². The number of hydrogen-bond acceptors (Lipinski definition) is 5. The molecule has 0 radical (unpaired) electrons. The van der Waals surface area contributed by atoms with E-state index < -0.39 is 39.9 Å². The first-order chi connectivity index (χ1) is 13.1. The fraction of sp³-hybridized carbons (Fsp3) is 0.176. The number of anilines is 1. The van der Waals surface area contributed by atoms with Gasteiger partial charge in [-0.3, -0.25) is 24.6 Å². The highest BCUT2D eigenvalue weighted by atomic mass is 19.2. The number of nitrogens with two attached hydrogens (primary N) is 1. The Labute approximate surface area is 156 Å². The van der Waals surface area contributed by atoms with Crippen LogP contribution in [-0.2, 0) is 11.3 Å². The number of nitro benzene ring substituents is 1. The van der Waals surface area contributed by atoms with E-state index in [0.717, 1.165) is 12.1 Å². The first-order valence-corrected chi connectivity index (χ1v) is 7.79. The second kappa shape index (κ2) is 8.48. The minimum absolute atomic E-state index is 0.0374. The molecule has 28 heavy (non-hydrogen) atoms. The van der Waals surface area contributed by atoms with Gasteiger partial charge in [0, 0.05) is 23.7 Å². The third kappa shape index (κ3) is 4.82. The van der Waals surface area contributed by atoms with Crippen molar-refractivity contribution in [2.45, 2.75) is 6.54 Å². The Kier molecular flexibility index (Phi) is 6.31. The number of nitro groups is 1. The van der Waals surface area contributed by atoms with E-state index in [1.165, 1.54) is 24.1 Å². The van der Waals surface area contributed by atoms with Crippen LogP contribution in [0.4, 0.5) is 24.5 Å². The van der Waals surface area contributed by atoms with Gasteiger partial charge in [0.25, 0.3) is 5.69 Å². The van der Waals surface area contributed by atoms with E-state index >= 15 is 0 Å². The zero-order valence-electron chi connectivity index (χ0n) is 14.5. The van der Waals surface area contributed by atoms with Gasteiger partial charge in [0.05, 0.1) is 17.2 Å². The number of primary amides is 1. The number of likely N-dealkylation sites (N-methyl/N-ethyl adjacent to an activating group) is 1. The van der Waals surface area contributed by atoms with Crippen molar-refractivity contribution in [1.82, 2.24) is 4.90 Å². The van der Waals surface area contributed by atoms with Crippen molar-refractivity contribution in [2.75, 3.05) is 18.9 Å². The van der Waals surface area contributed by atoms with Crippen LogP contribution in [0.2, 0.25) is 0 Å². The lowest BCUT2D eigenvalue weighted by Gasteiger charge is -2.17. The molecule has 0 aliphatic carbocycles. The smallest absolute Gasteiger partial charge is 0.274 e. The van der Waals surface area contributed by atoms with Crippen molar-refractivity contribution in [3.05, 3.63) is 69.0 Å². The highest BCUT2D eigenvalue weighted by Gasteiger charge is 2.20. The lowest BCUT2D eigenvalue weighted by Crippen LogP contribution is -2.30. The van der Waals surface area contributed by atoms with E-state index in [0.29, 0.717) is 6.07 Å². The van der Waals surface area contributed by atoms with E-state index in [4.69, 9.17) is 5.73 Å². The highest BCUT2D eigenvalue weighted by molar-refractivity contribution is 5.93. The molecule has 0 spiro atoms. The van der Waals surface area contributed by atoms with E-state index in [1.54, 1.807) is 0 Å². The average molecular weight is 396 g/mol. The summed E-state index contributed by atoms with van der Waals surface area (Å²) in [5.41, 5.74) is 4.39. The highest BCUT2D eigenvalue weighted by Crippen LogP contribution is 2.22. The zero-order valence-corrected chi connectivity index (χ0v) is 14.5. The number of nitrogens with one attached hydrogen (secondary N) is 1. The van der Waals surface area contributed by atoms with E-state index in [2.05, 4.69) is 5.32 Å². The Bertz CT molecular complexity index is 952. The van der Waals surface area contributed by atoms with Gasteiger partial charge in [0.1, 0.15) is 0 Å². The summed E-state index contributed by atoms with van der Waals surface area (Å²) in [6.07, 6.45) is 0. The second-order valence-corrected chi connectivity index (χ2v) is 5.91. The Balaban J connectivity index is 2.09. The predicted molar refractivity (Wildman–Crippen MR) is 92.9 cm³/mol. The Morgan fingerprint density at radius 1 is 1.18 bits per heavy atom. The van der Waals surface area contributed by atoms with Crippen molar-refractivity contribution in [2.24, 2.45) is 5.73 Å². The largest absolute Gasteiger partial charge is 0.366 e. The molecule has 0 heterocycles. The van der Waals surface area contributed by atoms with Crippen LogP contribution in [0.1, 0.15) is 15.9 Å². The molecule has 2 amide bonds. The molecule has 0 saturated carbocycles. The summed E-state index contributed by atoms with van der Waals surface area (Å²) in [6.45, 7) is -0.379. The fourth-order valence-corrected chi connectivity index (χ4v) is 2.42. The fourth-order valence-electron chi connectivity index (χ4n) is 2.42. The van der Waals surface area contributed by atoms with Crippen LogP contribution in [0, 0.1) is 27.6 Å². The van der Waals surface area contributed by atoms with E-state index in [1.807, 2.05) is 0 Å². The minimum atomic E-state index is -1.71. The molecule has 0 aromatic heterocycles. The van der Waals surface area contributed by atoms with Gasteiger partial charge in [-0.15, -0.1) is 0 Å². The van der Waals surface area contributed by atoms with Crippen molar-refractivity contribution >= 4 is 23.2 Å². The normalized spacial score (nSPS) is 10.8. The quantitative estimate of drug-likeness (QED) is 0.422. The van der Waals surface area contributed by atoms with Crippen molar-refractivity contribution in [3.8, 4) is 0 Å². The number of hydrogen-bond donors (Lipinski definition) is 2. The number of amides is 2. The van der Waals surface area contributed by atoms with Crippen LogP contribution in [0.3, 0.4) is 0 Å². The lowest BCUT2D eigenvalue weighted by atomic mass is 10.1. The van der Waals surface area contributed by atoms with Gasteiger partial charge >= 0.3 is 0 Å². The molecule has 0 unspecified atom stereocenters. The molecule has 0 aliphatic heterocycles. The maximum atomic E-state index is 13.6. The molecule has 148 valence electrons. The van der Waals surface area contributed by atoms with Crippen LogP contribution >= 0.6 is 0 Å². The van der Waals surface area contributed by atoms with Crippen molar-refractivity contribution < 1.29 is 27.7 Å². The van der Waals surface area contributed by atoms with Crippen LogP contribution < -0.4 is 11.1 Å². The maximum absolute atomic E-state index is 13.6. The number of nitrogens with zero attached hydrogens (tertiary/aromatic N) is 2. The number of carbonyl (C=O) groups is 2. The van der Waals surface area contributed by atoms with Gasteiger partial charge in [-0.25, -0.2) is 13.2 Å². The van der Waals surface area contributed by atoms with Crippen LogP contribution in [0.25, 0.3) is 0 Å². The second-order valence-electron chi connectivity index (χ2n) is 5.91. The van der Waals surface area contributed by atoms with Gasteiger partial charge in [-0.2, -0.15) is 0 Å². The molecule has 0 fully saturated rings. The lowest BCUT2D eigenvalue weighted by molar-refractivity contribution is -0.385. The van der Waals surface area contributed by atoms with Gasteiger partial charge in [-0.1, -0.05) is 6.07 Å². The predicted octanol–water partition coefficient (Wildman–Crippen LogP) is 2.18. The summed E-state index contributed by atoms with van der Waals surface area (Å²) < 4.78 is 39.7. The molecule has 0 aliphatic rings. The van der Waals surface area contributed by atoms with Crippen LogP contribution in [0.15, 0.2) is 30.3 Å². The molecule has 2 aromatic carbocycles. The van der Waals surface area contributed by atoms with E-state index in [9.17, 15) is 32.9 Å². The zero-order chi connectivity index (χ0) is 21.0. The molecular weight excluding hydrogens is 381 g/mol. The Morgan fingerprint density at radius 2 is 1.86 bits per heavy atom. The summed E-state index contributed by atoms with van der Waals surface area (Å²) in [5, 5.41) is 13.3. The van der Waals surface area contributed by atoms with Crippen LogP contribution in [0.5, 0.6) is 0 Å². The van der Waals surface area contributed by atoms with E-state index in [-0.39, 0.29) is 29.9 Å². The van der Waals surface area contributed by atoms with Gasteiger partial charge in [-0.05, 0) is 25.2 Å². The standard InChI is InChI=1S/C17H15F3N4O4/c1-23(7-10-3-2-9(17(21)26)6-13(10)24(27)28)8-14(25)22-12-5-4-11(18)15(19)16(12)20/h2-6H,7-8H2,1H3,(H2,21,26)(H,22,25). The molecule has 8 nitrogen and oxygen atoms in total. The summed E-state index contributed by atoms with van der Waals surface area (Å²) >= 11 is 0. The monoisotopic (exact) mass is 396 g/mol. The molecule has 3 N–H and O–H groups in total. The third-order valence-electron chi connectivity index (χ3n) is 3.73. The summed E-state index contributed by atoms with van der Waals surface area (Å²) in [7, 11) is 1.47. The van der Waals surface area contributed by atoms with Crippen molar-refractivity contribution in [1.29, 1.82) is 0 Å². The molecule has 11 heteroatoms. The maximum Gasteiger partial charge on any atom is 0.274 e. The molecular formula is C17H15F3N4O4. The van der Waals surface area contributed by atoms with Gasteiger partial charge in [0.15, 0.2) is 17.5 Å². The number of rotatable bonds is 7. The minimum Gasteiger partial charge on any atom is -0.366 e. The Morgan fingerprint density at radius 3 is 2.46 bits per heavy atom. The Hall–Kier alpha value is -3.47. The van der Waals surface area contributed by atoms with Gasteiger partial charge in [0.2, 0.25) is 11.8 Å². The molecule has 0 bridgehead atoms. The average Bonchev–Trinajstić information content (AvgIpc) is 2.62. The number of carbonyl (C=O) groups excluding carboxylic acids is 2. The molecule has 2 aromatic rings. The summed E-state index contributed by atoms with van der Waals surface area (Å²) in [6, 6.07) is 5.22. The summed E-state index contributed by atoms with van der Waals surface area (Å²) in [5.74, 6) is -6.20. The van der Waals surface area contributed by atoms with Crippen molar-refractivity contribution in [3.63, 3.8) is 0 Å². The number of benzene rings is 2. The van der Waals surface area contributed by atoms with Crippen LogP contribution in [-0.4, -0.2) is 35.2 Å². The molecule has 0 atom stereocenters. The summed E-state index contributed by atoms with van der Waals surface area (Å²) in [4.78, 5) is 35.0. The third-order valence-corrected chi connectivity index (χ3v) is 3.73. The first kappa shape index (κ1) is 20.8. The number of halogens is 3. The molecule has 2 rings (SSSR count). The van der Waals surface area contributed by atoms with Gasteiger partial charge < -0.3 is 11.1 Å².